The number of ether oxygens (including phenoxy) is 2. The maximum Gasteiger partial charge on any atom is 0.348 e. The minimum Gasteiger partial charge on any atom is -0.462 e. The molecule has 1 N–H and O–H groups in total. The highest BCUT2D eigenvalue weighted by Crippen LogP contribution is 2.34. The largest absolute Gasteiger partial charge is 0.462 e. The smallest absolute Gasteiger partial charge is 0.348 e. The third kappa shape index (κ3) is 4.60. The summed E-state index contributed by atoms with van der Waals surface area (Å²) in [5.74, 6) is -1.94. The summed E-state index contributed by atoms with van der Waals surface area (Å²) in [6.07, 6.45) is 0. The van der Waals surface area contributed by atoms with Crippen LogP contribution in [0.4, 0.5) is 10.1 Å². The van der Waals surface area contributed by atoms with Gasteiger partial charge in [-0.3, -0.25) is 4.79 Å². The molecule has 6 nitrogen and oxygen atoms in total. The van der Waals surface area contributed by atoms with Crippen molar-refractivity contribution in [2.24, 2.45) is 0 Å². The van der Waals surface area contributed by atoms with Crippen molar-refractivity contribution in [2.75, 3.05) is 11.9 Å². The first-order valence-corrected chi connectivity index (χ1v) is 9.64. The van der Waals surface area contributed by atoms with Gasteiger partial charge in [-0.05, 0) is 43.3 Å². The molecule has 8 heteroatoms. The van der Waals surface area contributed by atoms with E-state index in [9.17, 15) is 18.8 Å². The number of hydrogen-bond acceptors (Lipinski definition) is 6. The van der Waals surface area contributed by atoms with Gasteiger partial charge >= 0.3 is 11.9 Å². The fourth-order valence-electron chi connectivity index (χ4n) is 2.78. The van der Waals surface area contributed by atoms with E-state index in [0.717, 1.165) is 11.3 Å². The number of anilines is 1. The molecule has 3 rings (SSSR count). The Bertz CT molecular complexity index is 1070. The minimum absolute atomic E-state index is 0.176. The number of hydrogen-bond donors (Lipinski definition) is 1. The van der Waals surface area contributed by atoms with E-state index in [1.807, 2.05) is 0 Å². The molecule has 3 aromatic rings. The molecule has 0 fully saturated rings. The quantitative estimate of drug-likeness (QED) is 0.598. The Hall–Kier alpha value is -3.26. The molecule has 0 atom stereocenters. The second kappa shape index (κ2) is 8.83. The molecule has 2 aromatic carbocycles. The fourth-order valence-corrected chi connectivity index (χ4v) is 3.90. The van der Waals surface area contributed by atoms with Crippen LogP contribution in [0.1, 0.15) is 39.4 Å². The molecule has 0 aliphatic heterocycles. The predicted molar refractivity (Wildman–Crippen MR) is 108 cm³/mol. The first-order valence-electron chi connectivity index (χ1n) is 8.82. The lowest BCUT2D eigenvalue weighted by Crippen LogP contribution is -2.10. The Kier molecular flexibility index (Phi) is 6.23. The van der Waals surface area contributed by atoms with Gasteiger partial charge in [0, 0.05) is 28.3 Å². The summed E-state index contributed by atoms with van der Waals surface area (Å²) in [5, 5.41) is 2.85. The van der Waals surface area contributed by atoms with Crippen LogP contribution in [-0.4, -0.2) is 24.5 Å². The standard InChI is InChI=1S/C21H18FNO5S/c1-3-27-21(26)19-15(18-16(22)5-4-6-17(18)29-19)11-28-20(25)13-7-9-14(10-8-13)23-12(2)24/h4-10H,3,11H2,1-2H3,(H,23,24). The molecule has 29 heavy (non-hydrogen) atoms. The van der Waals surface area contributed by atoms with Crippen LogP contribution in [0.5, 0.6) is 0 Å². The van der Waals surface area contributed by atoms with E-state index >= 15 is 0 Å². The maximum absolute atomic E-state index is 14.4. The van der Waals surface area contributed by atoms with Gasteiger partial charge < -0.3 is 14.8 Å². The number of esters is 2. The molecule has 0 radical (unpaired) electrons. The van der Waals surface area contributed by atoms with E-state index < -0.39 is 17.8 Å². The van der Waals surface area contributed by atoms with Gasteiger partial charge in [0.05, 0.1) is 12.2 Å². The van der Waals surface area contributed by atoms with Crippen LogP contribution in [0, 0.1) is 5.82 Å². The Morgan fingerprint density at radius 3 is 2.41 bits per heavy atom. The fraction of sp³-hybridized carbons (Fsp3) is 0.190. The van der Waals surface area contributed by atoms with E-state index in [2.05, 4.69) is 5.32 Å². The van der Waals surface area contributed by atoms with Crippen molar-refractivity contribution in [3.63, 3.8) is 0 Å². The highest BCUT2D eigenvalue weighted by Gasteiger charge is 2.23. The van der Waals surface area contributed by atoms with Gasteiger partial charge in [0.25, 0.3) is 0 Å². The van der Waals surface area contributed by atoms with Crippen LogP contribution in [0.3, 0.4) is 0 Å². The summed E-state index contributed by atoms with van der Waals surface area (Å²) in [7, 11) is 0. The van der Waals surface area contributed by atoms with Gasteiger partial charge in [-0.25, -0.2) is 14.0 Å². The lowest BCUT2D eigenvalue weighted by molar-refractivity contribution is -0.114. The number of rotatable bonds is 6. The van der Waals surface area contributed by atoms with Crippen LogP contribution in [0.15, 0.2) is 42.5 Å². The van der Waals surface area contributed by atoms with Gasteiger partial charge in [0.2, 0.25) is 5.91 Å². The molecular formula is C21H18FNO5S. The van der Waals surface area contributed by atoms with E-state index in [1.165, 1.54) is 25.1 Å². The van der Waals surface area contributed by atoms with Crippen LogP contribution in [0.25, 0.3) is 10.1 Å². The molecule has 0 unspecified atom stereocenters. The summed E-state index contributed by atoms with van der Waals surface area (Å²) in [4.78, 5) is 35.9. The molecule has 0 aliphatic carbocycles. The summed E-state index contributed by atoms with van der Waals surface area (Å²) in [5.41, 5.74) is 1.09. The molecular weight excluding hydrogens is 397 g/mol. The van der Waals surface area contributed by atoms with Crippen molar-refractivity contribution in [3.8, 4) is 0 Å². The molecule has 0 saturated carbocycles. The molecule has 0 spiro atoms. The van der Waals surface area contributed by atoms with Crippen molar-refractivity contribution < 1.29 is 28.2 Å². The Labute approximate surface area is 170 Å². The highest BCUT2D eigenvalue weighted by atomic mass is 32.1. The van der Waals surface area contributed by atoms with Crippen LogP contribution >= 0.6 is 11.3 Å². The van der Waals surface area contributed by atoms with E-state index in [0.29, 0.717) is 10.4 Å². The van der Waals surface area contributed by atoms with Gasteiger partial charge in [-0.15, -0.1) is 11.3 Å². The molecule has 1 aromatic heterocycles. The molecule has 1 amide bonds. The molecule has 150 valence electrons. The SMILES string of the molecule is CCOC(=O)c1sc2cccc(F)c2c1COC(=O)c1ccc(NC(C)=O)cc1. The first-order chi connectivity index (χ1) is 13.9. The minimum atomic E-state index is -0.634. The van der Waals surface area contributed by atoms with Gasteiger partial charge in [0.15, 0.2) is 0 Å². The zero-order valence-corrected chi connectivity index (χ0v) is 16.6. The van der Waals surface area contributed by atoms with Crippen molar-refractivity contribution >= 4 is 45.0 Å². The number of carbonyl (C=O) groups is 3. The number of carbonyl (C=O) groups excluding carboxylic acids is 3. The number of nitrogens with one attached hydrogen (secondary N) is 1. The third-order valence-corrected chi connectivity index (χ3v) is 5.19. The Balaban J connectivity index is 1.84. The summed E-state index contributed by atoms with van der Waals surface area (Å²) < 4.78 is 25.3. The van der Waals surface area contributed by atoms with E-state index in [-0.39, 0.29) is 40.5 Å². The van der Waals surface area contributed by atoms with Crippen molar-refractivity contribution in [1.29, 1.82) is 0 Å². The number of benzene rings is 2. The van der Waals surface area contributed by atoms with Crippen LogP contribution in [0.2, 0.25) is 0 Å². The number of amides is 1. The first kappa shape index (κ1) is 20.5. The second-order valence-corrected chi connectivity index (χ2v) is 7.13. The van der Waals surface area contributed by atoms with Crippen LogP contribution in [-0.2, 0) is 20.9 Å². The van der Waals surface area contributed by atoms with Crippen molar-refractivity contribution in [2.45, 2.75) is 20.5 Å². The maximum atomic E-state index is 14.4. The van der Waals surface area contributed by atoms with Gasteiger partial charge in [-0.2, -0.15) is 0 Å². The number of thiophene rings is 1. The van der Waals surface area contributed by atoms with E-state index in [1.54, 1.807) is 31.2 Å². The van der Waals surface area contributed by atoms with Gasteiger partial charge in [-0.1, -0.05) is 6.07 Å². The number of fused-ring (bicyclic) bond motifs is 1. The predicted octanol–water partition coefficient (Wildman–Crippen LogP) is 4.53. The topological polar surface area (TPSA) is 81.7 Å². The van der Waals surface area contributed by atoms with E-state index in [4.69, 9.17) is 9.47 Å². The van der Waals surface area contributed by atoms with Crippen LogP contribution < -0.4 is 5.32 Å². The summed E-state index contributed by atoms with van der Waals surface area (Å²) in [6, 6.07) is 10.7. The average molecular weight is 415 g/mol. The van der Waals surface area contributed by atoms with Crippen molar-refractivity contribution in [1.82, 2.24) is 0 Å². The zero-order chi connectivity index (χ0) is 21.0. The normalized spacial score (nSPS) is 10.6. The summed E-state index contributed by atoms with van der Waals surface area (Å²) >= 11 is 1.10. The molecule has 1 heterocycles. The average Bonchev–Trinajstić information content (AvgIpc) is 3.06. The number of halogens is 1. The zero-order valence-electron chi connectivity index (χ0n) is 15.8. The lowest BCUT2D eigenvalue weighted by atomic mass is 10.1. The Morgan fingerprint density at radius 1 is 1.03 bits per heavy atom. The molecule has 0 aliphatic rings. The third-order valence-electron chi connectivity index (χ3n) is 4.01. The summed E-state index contributed by atoms with van der Waals surface area (Å²) in [6.45, 7) is 2.96. The lowest BCUT2D eigenvalue weighted by Gasteiger charge is -2.08. The molecule has 0 bridgehead atoms. The Morgan fingerprint density at radius 2 is 1.76 bits per heavy atom. The van der Waals surface area contributed by atoms with Gasteiger partial charge in [0.1, 0.15) is 17.3 Å². The molecule has 0 saturated heterocycles. The highest BCUT2D eigenvalue weighted by molar-refractivity contribution is 7.21. The monoisotopic (exact) mass is 415 g/mol. The second-order valence-electron chi connectivity index (χ2n) is 6.08. The van der Waals surface area contributed by atoms with Crippen molar-refractivity contribution in [3.05, 3.63) is 64.3 Å².